The van der Waals surface area contributed by atoms with Crippen molar-refractivity contribution in [3.05, 3.63) is 95.8 Å². The topological polar surface area (TPSA) is 47.7 Å². The number of nitrogens with zero attached hydrogens (tertiary/aromatic N) is 4. The Morgan fingerprint density at radius 1 is 1.07 bits per heavy atom. The number of benzene rings is 2. The molecule has 0 aliphatic rings. The normalized spacial score (nSPS) is 12.2. The van der Waals surface area contributed by atoms with Crippen molar-refractivity contribution in [3.8, 4) is 11.4 Å². The van der Waals surface area contributed by atoms with Gasteiger partial charge in [0.25, 0.3) is 0 Å². The van der Waals surface area contributed by atoms with Crippen LogP contribution >= 0.6 is 0 Å². The van der Waals surface area contributed by atoms with E-state index in [0.29, 0.717) is 6.54 Å². The van der Waals surface area contributed by atoms with E-state index in [4.69, 9.17) is 0 Å². The Morgan fingerprint density at radius 3 is 2.64 bits per heavy atom. The highest BCUT2D eigenvalue weighted by Gasteiger charge is 2.15. The van der Waals surface area contributed by atoms with E-state index in [1.54, 1.807) is 23.0 Å². The lowest BCUT2D eigenvalue weighted by Crippen LogP contribution is -2.20. The number of halogens is 1. The standard InChI is InChI=1S/C22H22FN5/c1-16(21-15-26-28(17(21)2)20-7-4-3-5-8-20)24-14-18-13-19(23)9-10-22(18)27-12-6-11-25-27/h3-13,15-16,24H,14H2,1-2H3/t16-/m1/s1. The molecule has 5 nitrogen and oxygen atoms in total. The first-order valence-electron chi connectivity index (χ1n) is 9.25. The molecule has 0 spiro atoms. The molecule has 0 radical (unpaired) electrons. The van der Waals surface area contributed by atoms with Crippen LogP contribution in [0.25, 0.3) is 11.4 Å². The Bertz CT molecular complexity index is 1050. The van der Waals surface area contributed by atoms with Crippen LogP contribution < -0.4 is 5.32 Å². The van der Waals surface area contributed by atoms with Gasteiger partial charge in [-0.3, -0.25) is 0 Å². The molecule has 0 amide bonds. The van der Waals surface area contributed by atoms with Crippen molar-refractivity contribution in [2.45, 2.75) is 26.4 Å². The van der Waals surface area contributed by atoms with Crippen LogP contribution in [0.5, 0.6) is 0 Å². The van der Waals surface area contributed by atoms with E-state index in [0.717, 1.165) is 28.2 Å². The van der Waals surface area contributed by atoms with Gasteiger partial charge in [-0.1, -0.05) is 18.2 Å². The fourth-order valence-corrected chi connectivity index (χ4v) is 3.38. The maximum absolute atomic E-state index is 13.8. The quantitative estimate of drug-likeness (QED) is 0.545. The van der Waals surface area contributed by atoms with Crippen LogP contribution in [-0.4, -0.2) is 19.6 Å². The van der Waals surface area contributed by atoms with Gasteiger partial charge in [0.1, 0.15) is 5.82 Å². The van der Waals surface area contributed by atoms with Gasteiger partial charge in [0.05, 0.1) is 17.6 Å². The van der Waals surface area contributed by atoms with E-state index in [-0.39, 0.29) is 11.9 Å². The molecule has 2 heterocycles. The van der Waals surface area contributed by atoms with Crippen LogP contribution in [0.4, 0.5) is 4.39 Å². The number of hydrogen-bond acceptors (Lipinski definition) is 3. The molecular formula is C22H22FN5. The predicted octanol–water partition coefficient (Wildman–Crippen LogP) is 4.36. The zero-order chi connectivity index (χ0) is 19.5. The molecule has 0 bridgehead atoms. The van der Waals surface area contributed by atoms with E-state index in [1.807, 2.05) is 53.5 Å². The largest absolute Gasteiger partial charge is 0.306 e. The van der Waals surface area contributed by atoms with E-state index in [2.05, 4.69) is 29.4 Å². The van der Waals surface area contributed by atoms with Crippen LogP contribution in [-0.2, 0) is 6.54 Å². The molecule has 4 rings (SSSR count). The molecule has 1 N–H and O–H groups in total. The summed E-state index contributed by atoms with van der Waals surface area (Å²) in [5.41, 5.74) is 4.94. The van der Waals surface area contributed by atoms with Gasteiger partial charge in [0.15, 0.2) is 0 Å². The van der Waals surface area contributed by atoms with Crippen LogP contribution in [0.2, 0.25) is 0 Å². The SMILES string of the molecule is Cc1c([C@@H](C)NCc2cc(F)ccc2-n2cccn2)cnn1-c1ccccc1. The zero-order valence-electron chi connectivity index (χ0n) is 15.9. The van der Waals surface area contributed by atoms with Crippen LogP contribution in [0, 0.1) is 12.7 Å². The predicted molar refractivity (Wildman–Crippen MR) is 107 cm³/mol. The molecule has 2 aromatic carbocycles. The fourth-order valence-electron chi connectivity index (χ4n) is 3.38. The smallest absolute Gasteiger partial charge is 0.123 e. The lowest BCUT2D eigenvalue weighted by Gasteiger charge is -2.16. The average molecular weight is 375 g/mol. The van der Waals surface area contributed by atoms with E-state index < -0.39 is 0 Å². The van der Waals surface area contributed by atoms with Gasteiger partial charge in [0.2, 0.25) is 0 Å². The summed E-state index contributed by atoms with van der Waals surface area (Å²) in [5, 5.41) is 12.3. The number of aromatic nitrogens is 4. The summed E-state index contributed by atoms with van der Waals surface area (Å²) >= 11 is 0. The summed E-state index contributed by atoms with van der Waals surface area (Å²) in [6.07, 6.45) is 5.46. The van der Waals surface area contributed by atoms with Crippen molar-refractivity contribution in [2.75, 3.05) is 0 Å². The third-order valence-electron chi connectivity index (χ3n) is 4.91. The minimum Gasteiger partial charge on any atom is -0.306 e. The third-order valence-corrected chi connectivity index (χ3v) is 4.91. The molecule has 4 aromatic rings. The molecule has 0 aliphatic carbocycles. The second-order valence-corrected chi connectivity index (χ2v) is 6.76. The molecule has 0 saturated carbocycles. The highest BCUT2D eigenvalue weighted by molar-refractivity contribution is 5.41. The second kappa shape index (κ2) is 7.78. The van der Waals surface area contributed by atoms with E-state index >= 15 is 0 Å². The maximum Gasteiger partial charge on any atom is 0.123 e. The number of para-hydroxylation sites is 1. The maximum atomic E-state index is 13.8. The van der Waals surface area contributed by atoms with Gasteiger partial charge in [-0.2, -0.15) is 10.2 Å². The van der Waals surface area contributed by atoms with Crippen LogP contribution in [0.3, 0.4) is 0 Å². The summed E-state index contributed by atoms with van der Waals surface area (Å²) in [7, 11) is 0. The number of rotatable bonds is 6. The summed E-state index contributed by atoms with van der Waals surface area (Å²) in [4.78, 5) is 0. The lowest BCUT2D eigenvalue weighted by atomic mass is 10.1. The molecule has 0 fully saturated rings. The Morgan fingerprint density at radius 2 is 1.89 bits per heavy atom. The van der Waals surface area contributed by atoms with Gasteiger partial charge in [-0.25, -0.2) is 13.8 Å². The Kier molecular flexibility index (Phi) is 5.04. The zero-order valence-corrected chi connectivity index (χ0v) is 15.9. The Hall–Kier alpha value is -3.25. The van der Waals surface area contributed by atoms with Crippen molar-refractivity contribution < 1.29 is 4.39 Å². The summed E-state index contributed by atoms with van der Waals surface area (Å²) < 4.78 is 17.5. The monoisotopic (exact) mass is 375 g/mol. The van der Waals surface area contributed by atoms with Crippen molar-refractivity contribution in [3.63, 3.8) is 0 Å². The van der Waals surface area contributed by atoms with E-state index in [1.165, 1.54) is 6.07 Å². The van der Waals surface area contributed by atoms with Gasteiger partial charge in [0, 0.05) is 36.2 Å². The van der Waals surface area contributed by atoms with Crippen molar-refractivity contribution in [2.24, 2.45) is 0 Å². The molecule has 0 aliphatic heterocycles. The van der Waals surface area contributed by atoms with Gasteiger partial charge >= 0.3 is 0 Å². The molecule has 2 aromatic heterocycles. The van der Waals surface area contributed by atoms with Crippen LogP contribution in [0.15, 0.2) is 73.2 Å². The third kappa shape index (κ3) is 3.59. The minimum absolute atomic E-state index is 0.0613. The first kappa shape index (κ1) is 18.1. The van der Waals surface area contributed by atoms with E-state index in [9.17, 15) is 4.39 Å². The summed E-state index contributed by atoms with van der Waals surface area (Å²) in [5.74, 6) is -0.256. The van der Waals surface area contributed by atoms with Crippen molar-refractivity contribution >= 4 is 0 Å². The number of hydrogen-bond donors (Lipinski definition) is 1. The molecule has 0 unspecified atom stereocenters. The minimum atomic E-state index is -0.256. The molecule has 1 atom stereocenters. The molecule has 28 heavy (non-hydrogen) atoms. The molecule has 0 saturated heterocycles. The molecule has 6 heteroatoms. The summed E-state index contributed by atoms with van der Waals surface area (Å²) in [6, 6.07) is 16.7. The lowest BCUT2D eigenvalue weighted by molar-refractivity contribution is 0.564. The fraction of sp³-hybridized carbons (Fsp3) is 0.182. The molecule has 142 valence electrons. The first-order chi connectivity index (χ1) is 13.6. The highest BCUT2D eigenvalue weighted by atomic mass is 19.1. The van der Waals surface area contributed by atoms with Gasteiger partial charge in [-0.15, -0.1) is 0 Å². The first-order valence-corrected chi connectivity index (χ1v) is 9.25. The van der Waals surface area contributed by atoms with Gasteiger partial charge < -0.3 is 5.32 Å². The Balaban J connectivity index is 1.54. The second-order valence-electron chi connectivity index (χ2n) is 6.76. The molecular weight excluding hydrogens is 353 g/mol. The average Bonchev–Trinajstić information content (AvgIpc) is 3.37. The highest BCUT2D eigenvalue weighted by Crippen LogP contribution is 2.22. The summed E-state index contributed by atoms with van der Waals surface area (Å²) in [6.45, 7) is 4.67. The van der Waals surface area contributed by atoms with Crippen LogP contribution in [0.1, 0.15) is 29.8 Å². The number of nitrogens with one attached hydrogen (secondary N) is 1. The Labute approximate surface area is 163 Å². The van der Waals surface area contributed by atoms with Crippen molar-refractivity contribution in [1.82, 2.24) is 24.9 Å². The van der Waals surface area contributed by atoms with Crippen molar-refractivity contribution in [1.29, 1.82) is 0 Å². The van der Waals surface area contributed by atoms with Gasteiger partial charge in [-0.05, 0) is 55.8 Å².